The molecule has 0 atom stereocenters. The highest BCUT2D eigenvalue weighted by molar-refractivity contribution is 4.96. The summed E-state index contributed by atoms with van der Waals surface area (Å²) in [5, 5.41) is 0. The van der Waals surface area contributed by atoms with Crippen LogP contribution in [0.25, 0.3) is 0 Å². The van der Waals surface area contributed by atoms with Crippen LogP contribution in [0.4, 0.5) is 0 Å². The maximum absolute atomic E-state index is 2.36. The summed E-state index contributed by atoms with van der Waals surface area (Å²) in [6, 6.07) is 0. The van der Waals surface area contributed by atoms with Crippen molar-refractivity contribution in [1.82, 2.24) is 0 Å². The molecule has 0 rings (SSSR count). The van der Waals surface area contributed by atoms with E-state index < -0.39 is 0 Å². The summed E-state index contributed by atoms with van der Waals surface area (Å²) in [4.78, 5) is 0. The first kappa shape index (κ1) is 9.74. The number of hydrogen-bond donors (Lipinski definition) is 0. The van der Waals surface area contributed by atoms with Crippen LogP contribution in [0.1, 0.15) is 47.0 Å². The maximum Gasteiger partial charge on any atom is -0.0346 e. The van der Waals surface area contributed by atoms with Gasteiger partial charge in [-0.15, -0.1) is 0 Å². The summed E-state index contributed by atoms with van der Waals surface area (Å²) >= 11 is 0. The Kier molecular flexibility index (Phi) is 5.38. The zero-order chi connectivity index (χ0) is 7.98. The topological polar surface area (TPSA) is 0 Å². The van der Waals surface area contributed by atoms with Crippen LogP contribution in [0.15, 0.2) is 11.6 Å². The summed E-state index contributed by atoms with van der Waals surface area (Å²) < 4.78 is 0. The van der Waals surface area contributed by atoms with E-state index in [9.17, 15) is 0 Å². The fourth-order valence-corrected chi connectivity index (χ4v) is 0.807. The quantitative estimate of drug-likeness (QED) is 0.521. The van der Waals surface area contributed by atoms with Crippen LogP contribution in [0.5, 0.6) is 0 Å². The first-order valence-corrected chi connectivity index (χ1v) is 4.32. The van der Waals surface area contributed by atoms with Gasteiger partial charge in [-0.1, -0.05) is 32.4 Å². The molecule has 0 unspecified atom stereocenters. The van der Waals surface area contributed by atoms with Gasteiger partial charge in [-0.25, -0.2) is 0 Å². The SMILES string of the molecule is CCC(C)=CCCC(C)C. The van der Waals surface area contributed by atoms with E-state index in [0.29, 0.717) is 0 Å². The molecule has 0 saturated carbocycles. The lowest BCUT2D eigenvalue weighted by Gasteiger charge is -2.00. The van der Waals surface area contributed by atoms with Crippen molar-refractivity contribution in [2.24, 2.45) is 5.92 Å². The molecule has 0 N–H and O–H groups in total. The van der Waals surface area contributed by atoms with Gasteiger partial charge in [0.25, 0.3) is 0 Å². The number of hydrogen-bond acceptors (Lipinski definition) is 0. The molecule has 0 fully saturated rings. The first-order valence-electron chi connectivity index (χ1n) is 4.32. The highest BCUT2D eigenvalue weighted by Gasteiger charge is 1.90. The molecule has 10 heavy (non-hydrogen) atoms. The number of rotatable bonds is 4. The average molecular weight is 140 g/mol. The largest absolute Gasteiger partial charge is 0.0856 e. The third-order valence-electron chi connectivity index (χ3n) is 1.79. The zero-order valence-corrected chi connectivity index (χ0v) is 7.78. The molecule has 0 amide bonds. The average Bonchev–Trinajstić information content (AvgIpc) is 1.87. The molecule has 0 aliphatic rings. The van der Waals surface area contributed by atoms with Crippen LogP contribution >= 0.6 is 0 Å². The molecule has 0 aliphatic heterocycles. The van der Waals surface area contributed by atoms with Gasteiger partial charge in [0, 0.05) is 0 Å². The Labute approximate surface area is 65.3 Å². The van der Waals surface area contributed by atoms with E-state index in [0.717, 1.165) is 5.92 Å². The Balaban J connectivity index is 3.34. The van der Waals surface area contributed by atoms with Crippen LogP contribution in [0.3, 0.4) is 0 Å². The van der Waals surface area contributed by atoms with Crippen molar-refractivity contribution in [1.29, 1.82) is 0 Å². The second kappa shape index (κ2) is 5.52. The van der Waals surface area contributed by atoms with Crippen LogP contribution < -0.4 is 0 Å². The third kappa shape index (κ3) is 5.87. The van der Waals surface area contributed by atoms with Crippen molar-refractivity contribution in [2.45, 2.75) is 47.0 Å². The lowest BCUT2D eigenvalue weighted by atomic mass is 10.1. The molecule has 0 aromatic rings. The van der Waals surface area contributed by atoms with Gasteiger partial charge in [0.1, 0.15) is 0 Å². The molecule has 0 aromatic carbocycles. The maximum atomic E-state index is 2.36. The van der Waals surface area contributed by atoms with Gasteiger partial charge in [-0.05, 0) is 32.1 Å². The third-order valence-corrected chi connectivity index (χ3v) is 1.79. The van der Waals surface area contributed by atoms with Crippen molar-refractivity contribution in [3.63, 3.8) is 0 Å². The van der Waals surface area contributed by atoms with Gasteiger partial charge in [0.2, 0.25) is 0 Å². The lowest BCUT2D eigenvalue weighted by Crippen LogP contribution is -1.84. The fourth-order valence-electron chi connectivity index (χ4n) is 0.807. The summed E-state index contributed by atoms with van der Waals surface area (Å²) in [5.41, 5.74) is 1.53. The minimum atomic E-state index is 0.848. The molecule has 0 heteroatoms. The predicted octanol–water partition coefficient (Wildman–Crippen LogP) is 3.78. The second-order valence-corrected chi connectivity index (χ2v) is 3.38. The lowest BCUT2D eigenvalue weighted by molar-refractivity contribution is 0.593. The van der Waals surface area contributed by atoms with Gasteiger partial charge in [0.05, 0.1) is 0 Å². The van der Waals surface area contributed by atoms with E-state index in [-0.39, 0.29) is 0 Å². The van der Waals surface area contributed by atoms with E-state index in [1.54, 1.807) is 0 Å². The molecular formula is C10H20. The van der Waals surface area contributed by atoms with E-state index in [2.05, 4.69) is 33.8 Å². The van der Waals surface area contributed by atoms with E-state index in [1.807, 2.05) is 0 Å². The second-order valence-electron chi connectivity index (χ2n) is 3.38. The highest BCUT2D eigenvalue weighted by Crippen LogP contribution is 2.07. The molecule has 0 radical (unpaired) electrons. The normalized spacial score (nSPS) is 12.7. The molecule has 0 aliphatic carbocycles. The van der Waals surface area contributed by atoms with Crippen molar-refractivity contribution in [3.05, 3.63) is 11.6 Å². The number of allylic oxidation sites excluding steroid dienone is 2. The van der Waals surface area contributed by atoms with E-state index >= 15 is 0 Å². The molecule has 0 spiro atoms. The van der Waals surface area contributed by atoms with Crippen molar-refractivity contribution in [2.75, 3.05) is 0 Å². The van der Waals surface area contributed by atoms with Gasteiger partial charge in [-0.2, -0.15) is 0 Å². The van der Waals surface area contributed by atoms with E-state index in [4.69, 9.17) is 0 Å². The monoisotopic (exact) mass is 140 g/mol. The molecule has 0 bridgehead atoms. The Morgan fingerprint density at radius 1 is 1.40 bits per heavy atom. The van der Waals surface area contributed by atoms with Gasteiger partial charge < -0.3 is 0 Å². The molecule has 0 aromatic heterocycles. The zero-order valence-electron chi connectivity index (χ0n) is 7.78. The van der Waals surface area contributed by atoms with Crippen molar-refractivity contribution >= 4 is 0 Å². The predicted molar refractivity (Wildman–Crippen MR) is 48.1 cm³/mol. The minimum absolute atomic E-state index is 0.848. The minimum Gasteiger partial charge on any atom is -0.0856 e. The molecule has 0 saturated heterocycles. The Morgan fingerprint density at radius 3 is 2.40 bits per heavy atom. The van der Waals surface area contributed by atoms with Crippen LogP contribution in [0.2, 0.25) is 0 Å². The standard InChI is InChI=1S/C10H20/c1-5-10(4)8-6-7-9(2)3/h8-9H,5-7H2,1-4H3. The van der Waals surface area contributed by atoms with Crippen LogP contribution in [0, 0.1) is 5.92 Å². The van der Waals surface area contributed by atoms with Gasteiger partial charge in [-0.3, -0.25) is 0 Å². The van der Waals surface area contributed by atoms with Crippen molar-refractivity contribution in [3.8, 4) is 0 Å². The van der Waals surface area contributed by atoms with Gasteiger partial charge in [0.15, 0.2) is 0 Å². The Morgan fingerprint density at radius 2 is 2.00 bits per heavy atom. The fraction of sp³-hybridized carbons (Fsp3) is 0.800. The Hall–Kier alpha value is -0.260. The smallest absolute Gasteiger partial charge is 0.0346 e. The summed E-state index contributed by atoms with van der Waals surface area (Å²) in [6.45, 7) is 8.96. The highest BCUT2D eigenvalue weighted by atomic mass is 14.0. The molecule has 0 heterocycles. The van der Waals surface area contributed by atoms with Crippen LogP contribution in [-0.2, 0) is 0 Å². The van der Waals surface area contributed by atoms with Crippen LogP contribution in [-0.4, -0.2) is 0 Å². The van der Waals surface area contributed by atoms with Crippen molar-refractivity contribution < 1.29 is 0 Å². The molecule has 0 nitrogen and oxygen atoms in total. The first-order chi connectivity index (χ1) is 4.66. The summed E-state index contributed by atoms with van der Waals surface area (Å²) in [7, 11) is 0. The Bertz CT molecular complexity index is 98.6. The van der Waals surface area contributed by atoms with Gasteiger partial charge >= 0.3 is 0 Å². The summed E-state index contributed by atoms with van der Waals surface area (Å²) in [5.74, 6) is 0.848. The van der Waals surface area contributed by atoms with E-state index in [1.165, 1.54) is 24.8 Å². The molecular weight excluding hydrogens is 120 g/mol. The summed E-state index contributed by atoms with van der Waals surface area (Å²) in [6.07, 6.45) is 6.16. The molecule has 60 valence electrons.